The minimum atomic E-state index is -0.447. The monoisotopic (exact) mass is 239 g/mol. The molecule has 0 saturated heterocycles. The normalized spacial score (nSPS) is 11.1. The van der Waals surface area contributed by atoms with Gasteiger partial charge < -0.3 is 15.8 Å². The first-order chi connectivity index (χ1) is 7.83. The lowest BCUT2D eigenvalue weighted by molar-refractivity contribution is -0.384. The summed E-state index contributed by atoms with van der Waals surface area (Å²) in [6.45, 7) is 4.11. The van der Waals surface area contributed by atoms with E-state index in [1.807, 2.05) is 13.8 Å². The number of hydrogen-bond acceptors (Lipinski definition) is 5. The molecule has 1 aromatic carbocycles. The first-order valence-electron chi connectivity index (χ1n) is 5.18. The molecule has 6 nitrogen and oxygen atoms in total. The zero-order valence-electron chi connectivity index (χ0n) is 10.2. The van der Waals surface area contributed by atoms with Crippen LogP contribution in [0.15, 0.2) is 18.2 Å². The minimum absolute atomic E-state index is 0.00931. The second kappa shape index (κ2) is 5.01. The number of ether oxygens (including phenoxy) is 1. The molecule has 6 heteroatoms. The maximum atomic E-state index is 10.8. The van der Waals surface area contributed by atoms with E-state index in [1.54, 1.807) is 12.1 Å². The van der Waals surface area contributed by atoms with Gasteiger partial charge in [0, 0.05) is 24.2 Å². The molecular weight excluding hydrogens is 222 g/mol. The number of anilines is 1. The Bertz CT molecular complexity index is 413. The van der Waals surface area contributed by atoms with Crippen LogP contribution < -0.4 is 15.8 Å². The molecule has 94 valence electrons. The highest BCUT2D eigenvalue weighted by molar-refractivity contribution is 5.64. The Labute approximate surface area is 99.9 Å². The van der Waals surface area contributed by atoms with Crippen molar-refractivity contribution in [1.29, 1.82) is 0 Å². The molecule has 1 aromatic rings. The molecule has 0 aromatic heterocycles. The van der Waals surface area contributed by atoms with Crippen LogP contribution in [0.4, 0.5) is 11.4 Å². The fourth-order valence-electron chi connectivity index (χ4n) is 1.27. The van der Waals surface area contributed by atoms with Crippen LogP contribution in [-0.4, -0.2) is 24.1 Å². The van der Waals surface area contributed by atoms with Crippen molar-refractivity contribution in [3.8, 4) is 5.75 Å². The van der Waals surface area contributed by atoms with E-state index in [2.05, 4.69) is 5.32 Å². The van der Waals surface area contributed by atoms with Gasteiger partial charge in [0.15, 0.2) is 0 Å². The van der Waals surface area contributed by atoms with E-state index in [0.29, 0.717) is 18.0 Å². The summed E-state index contributed by atoms with van der Waals surface area (Å²) in [5.74, 6) is 0.563. The van der Waals surface area contributed by atoms with Crippen molar-refractivity contribution in [2.24, 2.45) is 5.73 Å². The summed E-state index contributed by atoms with van der Waals surface area (Å²) in [4.78, 5) is 10.4. The number of nitro benzene ring substituents is 1. The van der Waals surface area contributed by atoms with Crippen LogP contribution in [-0.2, 0) is 0 Å². The van der Waals surface area contributed by atoms with Gasteiger partial charge in [0.1, 0.15) is 11.4 Å². The van der Waals surface area contributed by atoms with Gasteiger partial charge in [-0.25, -0.2) is 0 Å². The smallest absolute Gasteiger partial charge is 0.292 e. The first kappa shape index (κ1) is 13.2. The maximum Gasteiger partial charge on any atom is 0.292 e. The molecule has 0 fully saturated rings. The quantitative estimate of drug-likeness (QED) is 0.603. The summed E-state index contributed by atoms with van der Waals surface area (Å²) in [7, 11) is 1.51. The molecule has 0 unspecified atom stereocenters. The maximum absolute atomic E-state index is 10.8. The molecule has 0 heterocycles. The predicted molar refractivity (Wildman–Crippen MR) is 66.4 cm³/mol. The standard InChI is InChI=1S/C11H17N3O3/c1-11(2,12)7-13-9-6-8(17-3)4-5-10(9)14(15)16/h4-6,13H,7,12H2,1-3H3. The van der Waals surface area contributed by atoms with Crippen molar-refractivity contribution in [2.45, 2.75) is 19.4 Å². The van der Waals surface area contributed by atoms with E-state index in [4.69, 9.17) is 10.5 Å². The van der Waals surface area contributed by atoms with Gasteiger partial charge in [-0.1, -0.05) is 0 Å². The molecule has 0 aliphatic rings. The number of benzene rings is 1. The van der Waals surface area contributed by atoms with Gasteiger partial charge in [-0.15, -0.1) is 0 Å². The molecule has 0 aliphatic heterocycles. The lowest BCUT2D eigenvalue weighted by Crippen LogP contribution is -2.39. The van der Waals surface area contributed by atoms with Crippen LogP contribution in [0.5, 0.6) is 5.75 Å². The van der Waals surface area contributed by atoms with Crippen molar-refractivity contribution >= 4 is 11.4 Å². The fourth-order valence-corrected chi connectivity index (χ4v) is 1.27. The lowest BCUT2D eigenvalue weighted by Gasteiger charge is -2.19. The zero-order chi connectivity index (χ0) is 13.1. The number of nitrogens with one attached hydrogen (secondary N) is 1. The number of nitrogens with zero attached hydrogens (tertiary/aromatic N) is 1. The van der Waals surface area contributed by atoms with E-state index in [0.717, 1.165) is 0 Å². The number of methoxy groups -OCH3 is 1. The molecule has 17 heavy (non-hydrogen) atoms. The Balaban J connectivity index is 2.97. The van der Waals surface area contributed by atoms with Crippen molar-refractivity contribution in [3.05, 3.63) is 28.3 Å². The Kier molecular flexibility index (Phi) is 3.90. The van der Waals surface area contributed by atoms with E-state index in [9.17, 15) is 10.1 Å². The zero-order valence-corrected chi connectivity index (χ0v) is 10.2. The molecule has 0 saturated carbocycles. The Morgan fingerprint density at radius 2 is 2.18 bits per heavy atom. The fraction of sp³-hybridized carbons (Fsp3) is 0.455. The third-order valence-corrected chi connectivity index (χ3v) is 2.13. The molecule has 0 aliphatic carbocycles. The lowest BCUT2D eigenvalue weighted by atomic mass is 10.1. The van der Waals surface area contributed by atoms with Gasteiger partial charge in [-0.3, -0.25) is 10.1 Å². The van der Waals surface area contributed by atoms with Gasteiger partial charge in [0.05, 0.1) is 12.0 Å². The molecule has 1 rings (SSSR count). The van der Waals surface area contributed by atoms with Crippen molar-refractivity contribution in [1.82, 2.24) is 0 Å². The van der Waals surface area contributed by atoms with Crippen molar-refractivity contribution in [3.63, 3.8) is 0 Å². The van der Waals surface area contributed by atoms with Crippen LogP contribution >= 0.6 is 0 Å². The first-order valence-corrected chi connectivity index (χ1v) is 5.18. The summed E-state index contributed by atoms with van der Waals surface area (Å²) < 4.78 is 5.03. The molecule has 0 spiro atoms. The van der Waals surface area contributed by atoms with Gasteiger partial charge in [0.25, 0.3) is 5.69 Å². The molecule has 0 amide bonds. The Morgan fingerprint density at radius 3 is 2.65 bits per heavy atom. The number of nitrogens with two attached hydrogens (primary N) is 1. The summed E-state index contributed by atoms with van der Waals surface area (Å²) in [6, 6.07) is 4.55. The van der Waals surface area contributed by atoms with Crippen LogP contribution in [0.2, 0.25) is 0 Å². The average Bonchev–Trinajstić information content (AvgIpc) is 2.24. The van der Waals surface area contributed by atoms with Crippen molar-refractivity contribution < 1.29 is 9.66 Å². The third-order valence-electron chi connectivity index (χ3n) is 2.13. The predicted octanol–water partition coefficient (Wildman–Crippen LogP) is 1.75. The van der Waals surface area contributed by atoms with E-state index < -0.39 is 10.5 Å². The molecule has 0 bridgehead atoms. The minimum Gasteiger partial charge on any atom is -0.497 e. The molecular formula is C11H17N3O3. The highest BCUT2D eigenvalue weighted by Crippen LogP contribution is 2.28. The average molecular weight is 239 g/mol. The largest absolute Gasteiger partial charge is 0.497 e. The van der Waals surface area contributed by atoms with E-state index in [1.165, 1.54) is 13.2 Å². The SMILES string of the molecule is COc1ccc([N+](=O)[O-])c(NCC(C)(C)N)c1. The Hall–Kier alpha value is -1.82. The van der Waals surface area contributed by atoms with Gasteiger partial charge in [0.2, 0.25) is 0 Å². The molecule has 0 atom stereocenters. The topological polar surface area (TPSA) is 90.4 Å². The second-order valence-electron chi connectivity index (χ2n) is 4.48. The summed E-state index contributed by atoms with van der Waals surface area (Å²) in [6.07, 6.45) is 0. The second-order valence-corrected chi connectivity index (χ2v) is 4.48. The third kappa shape index (κ3) is 3.92. The highest BCUT2D eigenvalue weighted by Gasteiger charge is 2.17. The van der Waals surface area contributed by atoms with Crippen LogP contribution in [0.25, 0.3) is 0 Å². The molecule has 0 radical (unpaired) electrons. The van der Waals surface area contributed by atoms with Crippen LogP contribution in [0.1, 0.15) is 13.8 Å². The molecule has 3 N–H and O–H groups in total. The van der Waals surface area contributed by atoms with Crippen LogP contribution in [0, 0.1) is 10.1 Å². The Morgan fingerprint density at radius 1 is 1.53 bits per heavy atom. The summed E-state index contributed by atoms with van der Waals surface area (Å²) in [5, 5.41) is 13.8. The van der Waals surface area contributed by atoms with Gasteiger partial charge in [-0.2, -0.15) is 0 Å². The van der Waals surface area contributed by atoms with Crippen LogP contribution in [0.3, 0.4) is 0 Å². The summed E-state index contributed by atoms with van der Waals surface area (Å²) in [5.41, 5.74) is 5.79. The van der Waals surface area contributed by atoms with Gasteiger partial charge in [-0.05, 0) is 19.9 Å². The van der Waals surface area contributed by atoms with Crippen molar-refractivity contribution in [2.75, 3.05) is 19.0 Å². The number of nitro groups is 1. The number of hydrogen-bond donors (Lipinski definition) is 2. The van der Waals surface area contributed by atoms with E-state index >= 15 is 0 Å². The summed E-state index contributed by atoms with van der Waals surface area (Å²) >= 11 is 0. The number of rotatable bonds is 5. The van der Waals surface area contributed by atoms with Gasteiger partial charge >= 0.3 is 0 Å². The van der Waals surface area contributed by atoms with E-state index in [-0.39, 0.29) is 5.69 Å². The highest BCUT2D eigenvalue weighted by atomic mass is 16.6.